The SMILES string of the molecule is CCOC(=O)N1CC=C2C(C#N)=C(N)C(C#N)(C#N)C(c3ccc(OC)cc3)C2C1. The number of methoxy groups -OCH3 is 1. The normalized spacial score (nSPS) is 22.0. The van der Waals surface area contributed by atoms with Crippen LogP contribution in [0.15, 0.2) is 47.2 Å². The molecular weight excluding hydrogens is 382 g/mol. The molecule has 8 nitrogen and oxygen atoms in total. The molecule has 3 rings (SSSR count). The number of benzene rings is 1. The van der Waals surface area contributed by atoms with Gasteiger partial charge >= 0.3 is 6.09 Å². The summed E-state index contributed by atoms with van der Waals surface area (Å²) in [7, 11) is 1.55. The lowest BCUT2D eigenvalue weighted by Gasteiger charge is -2.45. The maximum atomic E-state index is 12.3. The molecule has 0 radical (unpaired) electrons. The van der Waals surface area contributed by atoms with Crippen LogP contribution in [0.2, 0.25) is 0 Å². The Hall–Kier alpha value is -3.96. The van der Waals surface area contributed by atoms with Crippen molar-refractivity contribution in [3.05, 3.63) is 52.7 Å². The largest absolute Gasteiger partial charge is 0.497 e. The van der Waals surface area contributed by atoms with Crippen LogP contribution in [0.3, 0.4) is 0 Å². The highest BCUT2D eigenvalue weighted by atomic mass is 16.6. The highest BCUT2D eigenvalue weighted by Crippen LogP contribution is 2.54. The number of hydrogen-bond acceptors (Lipinski definition) is 7. The Balaban J connectivity index is 2.21. The van der Waals surface area contributed by atoms with E-state index in [-0.39, 0.29) is 31.0 Å². The minimum atomic E-state index is -1.75. The number of rotatable bonds is 3. The van der Waals surface area contributed by atoms with Gasteiger partial charge in [0.15, 0.2) is 5.41 Å². The number of nitrogens with zero attached hydrogens (tertiary/aromatic N) is 4. The standard InChI is InChI=1S/C22H21N5O3/c1-3-30-21(28)27-9-8-16-17(10-23)20(26)22(12-24,13-25)19(18(16)11-27)14-4-6-15(29-2)7-5-14/h4-8,18-19H,3,9,11,26H2,1-2H3. The molecule has 30 heavy (non-hydrogen) atoms. The number of allylic oxidation sites excluding steroid dienone is 2. The van der Waals surface area contributed by atoms with Crippen LogP contribution >= 0.6 is 0 Å². The Morgan fingerprint density at radius 2 is 1.93 bits per heavy atom. The first-order valence-electron chi connectivity index (χ1n) is 9.46. The van der Waals surface area contributed by atoms with Gasteiger partial charge in [-0.3, -0.25) is 0 Å². The van der Waals surface area contributed by atoms with Crippen molar-refractivity contribution in [2.75, 3.05) is 26.8 Å². The van der Waals surface area contributed by atoms with E-state index in [4.69, 9.17) is 15.2 Å². The van der Waals surface area contributed by atoms with Gasteiger partial charge in [0.1, 0.15) is 11.8 Å². The molecule has 2 aliphatic rings. The lowest BCUT2D eigenvalue weighted by Crippen LogP contribution is -2.49. The molecular formula is C22H21N5O3. The first-order valence-corrected chi connectivity index (χ1v) is 9.46. The van der Waals surface area contributed by atoms with E-state index in [1.54, 1.807) is 44.4 Å². The topological polar surface area (TPSA) is 136 Å². The number of nitriles is 3. The highest BCUT2D eigenvalue weighted by molar-refractivity contribution is 5.69. The van der Waals surface area contributed by atoms with Gasteiger partial charge in [0.25, 0.3) is 0 Å². The fourth-order valence-corrected chi connectivity index (χ4v) is 4.23. The molecule has 152 valence electrons. The smallest absolute Gasteiger partial charge is 0.410 e. The van der Waals surface area contributed by atoms with Crippen molar-refractivity contribution in [1.29, 1.82) is 15.8 Å². The number of carbonyl (C=O) groups excluding carboxylic acids is 1. The summed E-state index contributed by atoms with van der Waals surface area (Å²) in [6.07, 6.45) is 1.27. The molecule has 0 saturated heterocycles. The van der Waals surface area contributed by atoms with Crippen LogP contribution in [0.5, 0.6) is 5.75 Å². The second-order valence-corrected chi connectivity index (χ2v) is 7.05. The van der Waals surface area contributed by atoms with Gasteiger partial charge in [-0.05, 0) is 30.2 Å². The van der Waals surface area contributed by atoms with Gasteiger partial charge in [0.05, 0.1) is 37.1 Å². The third-order valence-electron chi connectivity index (χ3n) is 5.67. The molecule has 1 aromatic carbocycles. The minimum absolute atomic E-state index is 0.0529. The molecule has 1 heterocycles. The van der Waals surface area contributed by atoms with Crippen molar-refractivity contribution in [3.63, 3.8) is 0 Å². The monoisotopic (exact) mass is 403 g/mol. The number of amides is 1. The van der Waals surface area contributed by atoms with Crippen LogP contribution in [0, 0.1) is 45.3 Å². The maximum Gasteiger partial charge on any atom is 0.410 e. The van der Waals surface area contributed by atoms with Gasteiger partial charge in [0.2, 0.25) is 0 Å². The molecule has 1 aliphatic heterocycles. The van der Waals surface area contributed by atoms with Gasteiger partial charge in [-0.15, -0.1) is 0 Å². The average Bonchev–Trinajstić information content (AvgIpc) is 2.78. The predicted octanol–water partition coefficient (Wildman–Crippen LogP) is 2.58. The van der Waals surface area contributed by atoms with Crippen molar-refractivity contribution in [2.45, 2.75) is 12.8 Å². The molecule has 0 spiro atoms. The number of hydrogen-bond donors (Lipinski definition) is 1. The molecule has 0 aromatic heterocycles. The van der Waals surface area contributed by atoms with Crippen LogP contribution in [-0.2, 0) is 4.74 Å². The second-order valence-electron chi connectivity index (χ2n) is 7.05. The van der Waals surface area contributed by atoms with Gasteiger partial charge in [-0.2, -0.15) is 15.8 Å². The van der Waals surface area contributed by atoms with Crippen LogP contribution < -0.4 is 10.5 Å². The van der Waals surface area contributed by atoms with E-state index in [9.17, 15) is 20.6 Å². The zero-order chi connectivity index (χ0) is 21.9. The number of carbonyl (C=O) groups is 1. The molecule has 1 amide bonds. The van der Waals surface area contributed by atoms with E-state index < -0.39 is 23.3 Å². The van der Waals surface area contributed by atoms with E-state index in [0.717, 1.165) is 0 Å². The summed E-state index contributed by atoms with van der Waals surface area (Å²) in [5.74, 6) is -0.528. The van der Waals surface area contributed by atoms with Crippen LogP contribution in [-0.4, -0.2) is 37.8 Å². The van der Waals surface area contributed by atoms with Crippen molar-refractivity contribution in [2.24, 2.45) is 17.1 Å². The molecule has 0 fully saturated rings. The predicted molar refractivity (Wildman–Crippen MR) is 106 cm³/mol. The minimum Gasteiger partial charge on any atom is -0.497 e. The van der Waals surface area contributed by atoms with E-state index in [1.165, 1.54) is 4.90 Å². The van der Waals surface area contributed by atoms with E-state index in [2.05, 4.69) is 18.2 Å². The molecule has 2 atom stereocenters. The molecule has 0 saturated carbocycles. The van der Waals surface area contributed by atoms with Gasteiger partial charge in [0, 0.05) is 24.9 Å². The van der Waals surface area contributed by atoms with Crippen molar-refractivity contribution >= 4 is 6.09 Å². The Morgan fingerprint density at radius 3 is 2.47 bits per heavy atom. The summed E-state index contributed by atoms with van der Waals surface area (Å²) in [5, 5.41) is 29.9. The number of fused-ring (bicyclic) bond motifs is 1. The average molecular weight is 403 g/mol. The molecule has 2 unspecified atom stereocenters. The number of nitrogens with two attached hydrogens (primary N) is 1. The first-order chi connectivity index (χ1) is 14.5. The lowest BCUT2D eigenvalue weighted by atomic mass is 9.58. The molecule has 1 aromatic rings. The molecule has 8 heteroatoms. The summed E-state index contributed by atoms with van der Waals surface area (Å²) < 4.78 is 10.3. The maximum absolute atomic E-state index is 12.3. The second kappa shape index (κ2) is 8.19. The zero-order valence-electron chi connectivity index (χ0n) is 16.8. The van der Waals surface area contributed by atoms with E-state index in [0.29, 0.717) is 16.9 Å². The Labute approximate surface area is 175 Å². The summed E-state index contributed by atoms with van der Waals surface area (Å²) in [4.78, 5) is 13.8. The fraction of sp³-hybridized carbons (Fsp3) is 0.364. The van der Waals surface area contributed by atoms with Crippen molar-refractivity contribution in [1.82, 2.24) is 4.90 Å². The lowest BCUT2D eigenvalue weighted by molar-refractivity contribution is 0.0999. The Bertz CT molecular complexity index is 1020. The fourth-order valence-electron chi connectivity index (χ4n) is 4.23. The van der Waals surface area contributed by atoms with Crippen LogP contribution in [0.25, 0.3) is 0 Å². The zero-order valence-corrected chi connectivity index (χ0v) is 16.8. The summed E-state index contributed by atoms with van der Waals surface area (Å²) in [5.41, 5.74) is 5.94. The summed E-state index contributed by atoms with van der Waals surface area (Å²) in [6.45, 7) is 2.40. The molecule has 1 aliphatic carbocycles. The number of ether oxygens (including phenoxy) is 2. The van der Waals surface area contributed by atoms with Crippen molar-refractivity contribution in [3.8, 4) is 24.0 Å². The van der Waals surface area contributed by atoms with Crippen LogP contribution in [0.4, 0.5) is 4.79 Å². The van der Waals surface area contributed by atoms with Crippen molar-refractivity contribution < 1.29 is 14.3 Å². The molecule has 2 N–H and O–H groups in total. The van der Waals surface area contributed by atoms with Gasteiger partial charge in [-0.25, -0.2) is 4.79 Å². The van der Waals surface area contributed by atoms with E-state index in [1.807, 2.05) is 0 Å². The summed E-state index contributed by atoms with van der Waals surface area (Å²) >= 11 is 0. The highest BCUT2D eigenvalue weighted by Gasteiger charge is 2.54. The van der Waals surface area contributed by atoms with E-state index >= 15 is 0 Å². The third-order valence-corrected chi connectivity index (χ3v) is 5.67. The Kier molecular flexibility index (Phi) is 5.67. The molecule has 0 bridgehead atoms. The third kappa shape index (κ3) is 3.11. The van der Waals surface area contributed by atoms with Crippen LogP contribution in [0.1, 0.15) is 18.4 Å². The Morgan fingerprint density at radius 1 is 1.27 bits per heavy atom. The quantitative estimate of drug-likeness (QED) is 0.819. The summed E-state index contributed by atoms with van der Waals surface area (Å²) in [6, 6.07) is 13.2. The van der Waals surface area contributed by atoms with Gasteiger partial charge in [-0.1, -0.05) is 18.2 Å². The van der Waals surface area contributed by atoms with Gasteiger partial charge < -0.3 is 20.1 Å². The first kappa shape index (κ1) is 20.8.